The van der Waals surface area contributed by atoms with Crippen molar-refractivity contribution in [3.05, 3.63) is 28.2 Å². The molecule has 2 atom stereocenters. The molecule has 2 N–H and O–H groups in total. The molecule has 1 aliphatic carbocycles. The van der Waals surface area contributed by atoms with Crippen LogP contribution >= 0.6 is 15.9 Å². The lowest BCUT2D eigenvalue weighted by molar-refractivity contribution is 0.235. The van der Waals surface area contributed by atoms with Crippen LogP contribution in [0.2, 0.25) is 0 Å². The van der Waals surface area contributed by atoms with Gasteiger partial charge in [-0.05, 0) is 48.9 Å². The van der Waals surface area contributed by atoms with E-state index in [1.165, 1.54) is 18.4 Å². The predicted molar refractivity (Wildman–Crippen MR) is 78.9 cm³/mol. The number of rotatable bonds is 3. The average Bonchev–Trinajstić information content (AvgIpc) is 2.31. The SMILES string of the molecule is COc1ccc(Br)c(CC2(N)CCCC(C)C2)c1. The molecule has 1 aliphatic rings. The van der Waals surface area contributed by atoms with Gasteiger partial charge in [0, 0.05) is 10.0 Å². The van der Waals surface area contributed by atoms with Crippen LogP contribution in [0.4, 0.5) is 0 Å². The molecule has 18 heavy (non-hydrogen) atoms. The Morgan fingerprint density at radius 3 is 2.94 bits per heavy atom. The smallest absolute Gasteiger partial charge is 0.119 e. The Bertz CT molecular complexity index is 421. The standard InChI is InChI=1S/C15H22BrNO/c1-11-4-3-7-15(17,9-11)10-12-8-13(18-2)5-6-14(12)16/h5-6,8,11H,3-4,7,9-10,17H2,1-2H3. The number of benzene rings is 1. The highest BCUT2D eigenvalue weighted by Crippen LogP contribution is 2.35. The number of methoxy groups -OCH3 is 1. The summed E-state index contributed by atoms with van der Waals surface area (Å²) >= 11 is 3.61. The average molecular weight is 312 g/mol. The Morgan fingerprint density at radius 1 is 1.50 bits per heavy atom. The van der Waals surface area contributed by atoms with Gasteiger partial charge in [0.05, 0.1) is 7.11 Å². The lowest BCUT2D eigenvalue weighted by Crippen LogP contribution is -2.45. The molecule has 2 unspecified atom stereocenters. The minimum absolute atomic E-state index is 0.0491. The van der Waals surface area contributed by atoms with Crippen molar-refractivity contribution in [3.63, 3.8) is 0 Å². The monoisotopic (exact) mass is 311 g/mol. The fourth-order valence-electron chi connectivity index (χ4n) is 3.05. The molecule has 1 fully saturated rings. The zero-order valence-corrected chi connectivity index (χ0v) is 12.8. The van der Waals surface area contributed by atoms with Gasteiger partial charge >= 0.3 is 0 Å². The molecule has 100 valence electrons. The lowest BCUT2D eigenvalue weighted by Gasteiger charge is -2.37. The van der Waals surface area contributed by atoms with Gasteiger partial charge in [-0.15, -0.1) is 0 Å². The first-order valence-electron chi connectivity index (χ1n) is 6.64. The van der Waals surface area contributed by atoms with Crippen molar-refractivity contribution in [2.24, 2.45) is 11.7 Å². The maximum atomic E-state index is 6.58. The highest BCUT2D eigenvalue weighted by atomic mass is 79.9. The maximum absolute atomic E-state index is 6.58. The largest absolute Gasteiger partial charge is 0.497 e. The number of hydrogen-bond acceptors (Lipinski definition) is 2. The summed E-state index contributed by atoms with van der Waals surface area (Å²) in [6.45, 7) is 2.31. The summed E-state index contributed by atoms with van der Waals surface area (Å²) < 4.78 is 6.42. The number of ether oxygens (including phenoxy) is 1. The van der Waals surface area contributed by atoms with Gasteiger partial charge in [0.15, 0.2) is 0 Å². The molecule has 0 amide bonds. The van der Waals surface area contributed by atoms with E-state index < -0.39 is 0 Å². The van der Waals surface area contributed by atoms with Crippen molar-refractivity contribution in [1.82, 2.24) is 0 Å². The minimum Gasteiger partial charge on any atom is -0.497 e. The number of halogens is 1. The Balaban J connectivity index is 2.17. The van der Waals surface area contributed by atoms with Gasteiger partial charge < -0.3 is 10.5 Å². The van der Waals surface area contributed by atoms with Crippen LogP contribution in [0.5, 0.6) is 5.75 Å². The van der Waals surface area contributed by atoms with Gasteiger partial charge in [0.2, 0.25) is 0 Å². The molecule has 0 aromatic heterocycles. The van der Waals surface area contributed by atoms with E-state index in [0.717, 1.165) is 35.4 Å². The first-order chi connectivity index (χ1) is 8.52. The van der Waals surface area contributed by atoms with Crippen LogP contribution in [0.25, 0.3) is 0 Å². The molecule has 2 rings (SSSR count). The van der Waals surface area contributed by atoms with Crippen molar-refractivity contribution < 1.29 is 4.74 Å². The molecule has 0 saturated heterocycles. The Labute approximate surface area is 118 Å². The fourth-order valence-corrected chi connectivity index (χ4v) is 3.44. The molecule has 0 radical (unpaired) electrons. The maximum Gasteiger partial charge on any atom is 0.119 e. The third-order valence-electron chi connectivity index (χ3n) is 3.92. The molecule has 0 bridgehead atoms. The predicted octanol–water partition coefficient (Wildman–Crippen LogP) is 3.91. The second-order valence-corrected chi connectivity index (χ2v) is 6.55. The first kappa shape index (κ1) is 13.9. The summed E-state index contributed by atoms with van der Waals surface area (Å²) in [5, 5.41) is 0. The van der Waals surface area contributed by atoms with E-state index in [-0.39, 0.29) is 5.54 Å². The quantitative estimate of drug-likeness (QED) is 0.918. The van der Waals surface area contributed by atoms with E-state index in [4.69, 9.17) is 10.5 Å². The zero-order chi connectivity index (χ0) is 13.2. The molecular formula is C15H22BrNO. The van der Waals surface area contributed by atoms with Crippen molar-refractivity contribution in [2.75, 3.05) is 7.11 Å². The molecule has 2 nitrogen and oxygen atoms in total. The van der Waals surface area contributed by atoms with E-state index >= 15 is 0 Å². The fraction of sp³-hybridized carbons (Fsp3) is 0.600. The van der Waals surface area contributed by atoms with Crippen LogP contribution in [0.1, 0.15) is 38.2 Å². The Kier molecular flexibility index (Phi) is 4.33. The van der Waals surface area contributed by atoms with E-state index in [1.54, 1.807) is 7.11 Å². The third-order valence-corrected chi connectivity index (χ3v) is 4.70. The normalized spacial score (nSPS) is 28.1. The molecule has 1 saturated carbocycles. The highest BCUT2D eigenvalue weighted by molar-refractivity contribution is 9.10. The van der Waals surface area contributed by atoms with Crippen molar-refractivity contribution in [2.45, 2.75) is 44.6 Å². The second kappa shape index (κ2) is 5.62. The molecule has 0 spiro atoms. The number of hydrogen-bond donors (Lipinski definition) is 1. The van der Waals surface area contributed by atoms with E-state index in [0.29, 0.717) is 0 Å². The summed E-state index contributed by atoms with van der Waals surface area (Å²) in [5.41, 5.74) is 7.79. The van der Waals surface area contributed by atoms with E-state index in [1.807, 2.05) is 12.1 Å². The lowest BCUT2D eigenvalue weighted by atomic mass is 9.74. The van der Waals surface area contributed by atoms with E-state index in [9.17, 15) is 0 Å². The molecular weight excluding hydrogens is 290 g/mol. The Hall–Kier alpha value is -0.540. The molecule has 0 aliphatic heterocycles. The Morgan fingerprint density at radius 2 is 2.28 bits per heavy atom. The van der Waals surface area contributed by atoms with Gasteiger partial charge in [-0.1, -0.05) is 35.7 Å². The van der Waals surface area contributed by atoms with Crippen LogP contribution in [-0.2, 0) is 6.42 Å². The van der Waals surface area contributed by atoms with Crippen molar-refractivity contribution in [3.8, 4) is 5.75 Å². The van der Waals surface area contributed by atoms with Gasteiger partial charge in [-0.3, -0.25) is 0 Å². The zero-order valence-electron chi connectivity index (χ0n) is 11.2. The van der Waals surface area contributed by atoms with Gasteiger partial charge in [-0.2, -0.15) is 0 Å². The second-order valence-electron chi connectivity index (χ2n) is 5.70. The molecule has 1 aromatic rings. The van der Waals surface area contributed by atoms with Crippen LogP contribution in [0, 0.1) is 5.92 Å². The molecule has 3 heteroatoms. The summed E-state index contributed by atoms with van der Waals surface area (Å²) in [6, 6.07) is 6.11. The summed E-state index contributed by atoms with van der Waals surface area (Å²) in [5.74, 6) is 1.65. The topological polar surface area (TPSA) is 35.2 Å². The van der Waals surface area contributed by atoms with Crippen molar-refractivity contribution >= 4 is 15.9 Å². The van der Waals surface area contributed by atoms with Crippen LogP contribution in [-0.4, -0.2) is 12.6 Å². The van der Waals surface area contributed by atoms with Crippen LogP contribution in [0.3, 0.4) is 0 Å². The van der Waals surface area contributed by atoms with Gasteiger partial charge in [0.25, 0.3) is 0 Å². The highest BCUT2D eigenvalue weighted by Gasteiger charge is 2.31. The van der Waals surface area contributed by atoms with Gasteiger partial charge in [0.1, 0.15) is 5.75 Å². The van der Waals surface area contributed by atoms with Crippen LogP contribution in [0.15, 0.2) is 22.7 Å². The van der Waals surface area contributed by atoms with Crippen LogP contribution < -0.4 is 10.5 Å². The summed E-state index contributed by atoms with van der Waals surface area (Å²) in [7, 11) is 1.70. The van der Waals surface area contributed by atoms with E-state index in [2.05, 4.69) is 28.9 Å². The summed E-state index contributed by atoms with van der Waals surface area (Å²) in [4.78, 5) is 0. The first-order valence-corrected chi connectivity index (χ1v) is 7.43. The summed E-state index contributed by atoms with van der Waals surface area (Å²) in [6.07, 6.45) is 5.74. The third kappa shape index (κ3) is 3.27. The number of nitrogens with two attached hydrogens (primary N) is 1. The molecule has 0 heterocycles. The molecule has 1 aromatic carbocycles. The minimum atomic E-state index is -0.0491. The van der Waals surface area contributed by atoms with Crippen molar-refractivity contribution in [1.29, 1.82) is 0 Å². The van der Waals surface area contributed by atoms with Gasteiger partial charge in [-0.25, -0.2) is 0 Å².